The molecule has 0 unspecified atom stereocenters. The topological polar surface area (TPSA) is 109 Å². The second-order valence-electron chi connectivity index (χ2n) is 5.12. The van der Waals surface area contributed by atoms with Gasteiger partial charge in [-0.15, -0.1) is 10.2 Å². The summed E-state index contributed by atoms with van der Waals surface area (Å²) in [6.07, 6.45) is 1.82. The highest BCUT2D eigenvalue weighted by Gasteiger charge is 2.34. The fourth-order valence-corrected chi connectivity index (χ4v) is 3.06. The number of hydrogen-bond donors (Lipinski definition) is 1. The van der Waals surface area contributed by atoms with Gasteiger partial charge in [-0.25, -0.2) is 13.6 Å². The van der Waals surface area contributed by atoms with Gasteiger partial charge < -0.3 is 0 Å². The third-order valence-electron chi connectivity index (χ3n) is 3.56. The third kappa shape index (κ3) is 1.93. The highest BCUT2D eigenvalue weighted by atomic mass is 32.2. The molecule has 0 aliphatic heterocycles. The second kappa shape index (κ2) is 4.13. The Morgan fingerprint density at radius 3 is 2.35 bits per heavy atom. The number of sulfonamides is 1. The maximum atomic E-state index is 11.6. The minimum atomic E-state index is -3.88. The summed E-state index contributed by atoms with van der Waals surface area (Å²) in [5.41, 5.74) is 2.53. The number of nitrogens with zero attached hydrogens (tertiary/aromatic N) is 5. The number of nitrogens with two attached hydrogens (primary N) is 1. The van der Waals surface area contributed by atoms with E-state index in [9.17, 15) is 8.42 Å². The van der Waals surface area contributed by atoms with Crippen LogP contribution in [0.3, 0.4) is 0 Å². The van der Waals surface area contributed by atoms with Gasteiger partial charge >= 0.3 is 0 Å². The molecular weight excluding hydrogens is 280 g/mol. The second-order valence-corrected chi connectivity index (χ2v) is 6.58. The Morgan fingerprint density at radius 2 is 1.90 bits per heavy atom. The van der Waals surface area contributed by atoms with Gasteiger partial charge in [-0.3, -0.25) is 9.25 Å². The van der Waals surface area contributed by atoms with Crippen molar-refractivity contribution in [3.63, 3.8) is 0 Å². The van der Waals surface area contributed by atoms with Crippen molar-refractivity contribution in [2.75, 3.05) is 0 Å². The van der Waals surface area contributed by atoms with Crippen LogP contribution in [0.15, 0.2) is 5.16 Å². The van der Waals surface area contributed by atoms with Crippen molar-refractivity contribution in [3.8, 4) is 11.4 Å². The van der Waals surface area contributed by atoms with Crippen LogP contribution in [0, 0.1) is 13.8 Å². The summed E-state index contributed by atoms with van der Waals surface area (Å²) in [6.45, 7) is 3.78. The van der Waals surface area contributed by atoms with Crippen molar-refractivity contribution < 1.29 is 8.42 Å². The summed E-state index contributed by atoms with van der Waals surface area (Å²) in [7, 11) is -2.04. The highest BCUT2D eigenvalue weighted by molar-refractivity contribution is 7.89. The molecule has 0 radical (unpaired) electrons. The normalized spacial score (nSPS) is 15.8. The molecule has 2 aromatic rings. The van der Waals surface area contributed by atoms with Crippen molar-refractivity contribution in [2.24, 2.45) is 12.2 Å². The zero-order valence-electron chi connectivity index (χ0n) is 11.5. The van der Waals surface area contributed by atoms with E-state index in [1.807, 2.05) is 20.9 Å². The van der Waals surface area contributed by atoms with Crippen molar-refractivity contribution >= 4 is 10.0 Å². The van der Waals surface area contributed by atoms with Crippen LogP contribution in [0.2, 0.25) is 0 Å². The Hall–Kier alpha value is -1.74. The van der Waals surface area contributed by atoms with E-state index in [1.54, 1.807) is 9.25 Å². The largest absolute Gasteiger partial charge is 0.294 e. The minimum absolute atomic E-state index is 0.104. The minimum Gasteiger partial charge on any atom is -0.294 e. The molecule has 8 nitrogen and oxygen atoms in total. The van der Waals surface area contributed by atoms with E-state index >= 15 is 0 Å². The Bertz CT molecular complexity index is 784. The van der Waals surface area contributed by atoms with Crippen LogP contribution in [0.25, 0.3) is 11.4 Å². The van der Waals surface area contributed by atoms with E-state index in [0.717, 1.165) is 29.8 Å². The van der Waals surface area contributed by atoms with E-state index in [2.05, 4.69) is 15.3 Å². The van der Waals surface area contributed by atoms with E-state index in [-0.39, 0.29) is 11.2 Å². The average molecular weight is 296 g/mol. The molecule has 1 fully saturated rings. The molecule has 108 valence electrons. The monoisotopic (exact) mass is 296 g/mol. The van der Waals surface area contributed by atoms with Crippen LogP contribution in [0.5, 0.6) is 0 Å². The molecule has 2 heterocycles. The first kappa shape index (κ1) is 13.3. The zero-order chi connectivity index (χ0) is 14.7. The summed E-state index contributed by atoms with van der Waals surface area (Å²) in [4.78, 5) is 0. The molecule has 0 aromatic carbocycles. The SMILES string of the molecule is Cc1nn(C)c(C)c1-c1nnc(S(N)(=O)=O)n1C1CC1. The quantitative estimate of drug-likeness (QED) is 0.875. The van der Waals surface area contributed by atoms with Crippen LogP contribution in [-0.2, 0) is 17.1 Å². The van der Waals surface area contributed by atoms with Gasteiger partial charge in [-0.2, -0.15) is 5.10 Å². The van der Waals surface area contributed by atoms with Crippen LogP contribution in [0.4, 0.5) is 0 Å². The van der Waals surface area contributed by atoms with E-state index in [4.69, 9.17) is 5.14 Å². The third-order valence-corrected chi connectivity index (χ3v) is 4.35. The van der Waals surface area contributed by atoms with Gasteiger partial charge in [0.25, 0.3) is 15.2 Å². The van der Waals surface area contributed by atoms with Gasteiger partial charge in [-0.05, 0) is 26.7 Å². The van der Waals surface area contributed by atoms with Crippen LogP contribution in [-0.4, -0.2) is 33.0 Å². The Balaban J connectivity index is 2.28. The van der Waals surface area contributed by atoms with Gasteiger partial charge in [0.2, 0.25) is 0 Å². The van der Waals surface area contributed by atoms with Gasteiger partial charge in [-0.1, -0.05) is 0 Å². The molecule has 20 heavy (non-hydrogen) atoms. The maximum absolute atomic E-state index is 11.6. The predicted molar refractivity (Wildman–Crippen MR) is 71.3 cm³/mol. The van der Waals surface area contributed by atoms with E-state index in [0.29, 0.717) is 5.82 Å². The summed E-state index contributed by atoms with van der Waals surface area (Å²) in [5, 5.41) is 17.2. The van der Waals surface area contributed by atoms with Gasteiger partial charge in [0.1, 0.15) is 0 Å². The number of hydrogen-bond acceptors (Lipinski definition) is 5. The number of aromatic nitrogens is 5. The van der Waals surface area contributed by atoms with Gasteiger partial charge in [0, 0.05) is 18.8 Å². The first-order valence-electron chi connectivity index (χ1n) is 6.29. The van der Waals surface area contributed by atoms with E-state index in [1.165, 1.54) is 0 Å². The summed E-state index contributed by atoms with van der Waals surface area (Å²) < 4.78 is 26.7. The number of primary sulfonamides is 1. The standard InChI is InChI=1S/C11H16N6O2S/c1-6-9(7(2)16(3)15-6)10-13-14-11(20(12,18)19)17(10)8-4-5-8/h8H,4-5H2,1-3H3,(H2,12,18,19). The lowest BCUT2D eigenvalue weighted by atomic mass is 10.2. The first-order chi connectivity index (χ1) is 9.30. The molecule has 1 aliphatic rings. The van der Waals surface area contributed by atoms with Crippen LogP contribution >= 0.6 is 0 Å². The predicted octanol–water partition coefficient (Wildman–Crippen LogP) is 0.278. The van der Waals surface area contributed by atoms with Crippen LogP contribution in [0.1, 0.15) is 30.3 Å². The fourth-order valence-electron chi connectivity index (χ4n) is 2.40. The fraction of sp³-hybridized carbons (Fsp3) is 0.545. The first-order valence-corrected chi connectivity index (χ1v) is 7.83. The van der Waals surface area contributed by atoms with Gasteiger partial charge in [0.05, 0.1) is 11.3 Å². The molecule has 0 spiro atoms. The molecule has 0 atom stereocenters. The molecule has 0 amide bonds. The lowest BCUT2D eigenvalue weighted by molar-refractivity contribution is 0.567. The van der Waals surface area contributed by atoms with Gasteiger partial charge in [0.15, 0.2) is 5.82 Å². The van der Waals surface area contributed by atoms with Crippen molar-refractivity contribution in [2.45, 2.75) is 37.9 Å². The molecule has 0 saturated heterocycles. The summed E-state index contributed by atoms with van der Waals surface area (Å²) >= 11 is 0. The highest BCUT2D eigenvalue weighted by Crippen LogP contribution is 2.40. The maximum Gasteiger partial charge on any atom is 0.273 e. The molecule has 1 saturated carbocycles. The van der Waals surface area contributed by atoms with Crippen molar-refractivity contribution in [1.82, 2.24) is 24.5 Å². The zero-order valence-corrected chi connectivity index (χ0v) is 12.3. The van der Waals surface area contributed by atoms with Crippen molar-refractivity contribution in [1.29, 1.82) is 0 Å². The average Bonchev–Trinajstić information content (AvgIpc) is 3.02. The Morgan fingerprint density at radius 1 is 1.25 bits per heavy atom. The molecule has 9 heteroatoms. The lowest BCUT2D eigenvalue weighted by Crippen LogP contribution is -2.18. The number of rotatable bonds is 3. The molecule has 2 aromatic heterocycles. The molecule has 1 aliphatic carbocycles. The molecular formula is C11H16N6O2S. The van der Waals surface area contributed by atoms with Crippen LogP contribution < -0.4 is 5.14 Å². The summed E-state index contributed by atoms with van der Waals surface area (Å²) in [6, 6.07) is 0.104. The summed E-state index contributed by atoms with van der Waals surface area (Å²) in [5.74, 6) is 0.527. The van der Waals surface area contributed by atoms with E-state index < -0.39 is 10.0 Å². The van der Waals surface area contributed by atoms with Crippen molar-refractivity contribution in [3.05, 3.63) is 11.4 Å². The molecule has 2 N–H and O–H groups in total. The molecule has 0 bridgehead atoms. The Labute approximate surface area is 116 Å². The molecule has 3 rings (SSSR count). The smallest absolute Gasteiger partial charge is 0.273 e. The Kier molecular flexibility index (Phi) is 2.73. The number of aryl methyl sites for hydroxylation is 2. The lowest BCUT2D eigenvalue weighted by Gasteiger charge is -2.08.